The summed E-state index contributed by atoms with van der Waals surface area (Å²) >= 11 is 0. The zero-order valence-electron chi connectivity index (χ0n) is 11.7. The number of para-hydroxylation sites is 1. The smallest absolute Gasteiger partial charge is 0.337 e. The number of carbonyl (C=O) groups is 1. The van der Waals surface area contributed by atoms with Gasteiger partial charge in [0.15, 0.2) is 0 Å². The molecule has 0 fully saturated rings. The van der Waals surface area contributed by atoms with Gasteiger partial charge in [-0.15, -0.1) is 0 Å². The lowest BCUT2D eigenvalue weighted by atomic mass is 10.1. The number of aromatic carboxylic acids is 1. The standard InChI is InChI=1S/C16H15N3O2/c1-11-18-14-6-2-5-13(16(20)21)15(14)19(11)9-7-12-4-3-8-17-10-12/h2-6,8,10H,7,9H2,1H3,(H,20,21). The molecule has 0 unspecified atom stereocenters. The number of carboxylic acid groups (broad SMARTS) is 1. The molecule has 0 atom stereocenters. The van der Waals surface area contributed by atoms with Gasteiger partial charge in [0.25, 0.3) is 0 Å². The molecule has 0 saturated carbocycles. The van der Waals surface area contributed by atoms with E-state index in [1.165, 1.54) is 0 Å². The first-order chi connectivity index (χ1) is 10.2. The average molecular weight is 281 g/mol. The van der Waals surface area contributed by atoms with E-state index in [0.717, 1.165) is 23.3 Å². The maximum atomic E-state index is 11.4. The Hall–Kier alpha value is -2.69. The van der Waals surface area contributed by atoms with E-state index in [9.17, 15) is 9.90 Å². The van der Waals surface area contributed by atoms with Crippen molar-refractivity contribution in [3.05, 3.63) is 59.7 Å². The fourth-order valence-electron chi connectivity index (χ4n) is 2.53. The molecule has 0 spiro atoms. The maximum Gasteiger partial charge on any atom is 0.337 e. The molecule has 5 nitrogen and oxygen atoms in total. The van der Waals surface area contributed by atoms with Crippen LogP contribution in [-0.2, 0) is 13.0 Å². The fraction of sp³-hybridized carbons (Fsp3) is 0.188. The summed E-state index contributed by atoms with van der Waals surface area (Å²) in [5.74, 6) is -0.106. The molecule has 1 N–H and O–H groups in total. The molecule has 2 heterocycles. The number of nitrogens with zero attached hydrogens (tertiary/aromatic N) is 3. The molecule has 0 aliphatic heterocycles. The first-order valence-corrected chi connectivity index (χ1v) is 6.75. The second-order valence-corrected chi connectivity index (χ2v) is 4.90. The number of hydrogen-bond acceptors (Lipinski definition) is 3. The Morgan fingerprint density at radius 3 is 2.86 bits per heavy atom. The first-order valence-electron chi connectivity index (χ1n) is 6.75. The minimum absolute atomic E-state index is 0.291. The van der Waals surface area contributed by atoms with Gasteiger partial charge in [-0.2, -0.15) is 0 Å². The summed E-state index contributed by atoms with van der Waals surface area (Å²) in [5, 5.41) is 9.35. The fourth-order valence-corrected chi connectivity index (χ4v) is 2.53. The van der Waals surface area contributed by atoms with Crippen LogP contribution < -0.4 is 0 Å². The van der Waals surface area contributed by atoms with E-state index < -0.39 is 5.97 Å². The van der Waals surface area contributed by atoms with Crippen molar-refractivity contribution in [1.82, 2.24) is 14.5 Å². The number of imidazole rings is 1. The highest BCUT2D eigenvalue weighted by molar-refractivity contribution is 6.01. The number of benzene rings is 1. The van der Waals surface area contributed by atoms with E-state index in [0.29, 0.717) is 17.6 Å². The van der Waals surface area contributed by atoms with Gasteiger partial charge in [0, 0.05) is 18.9 Å². The summed E-state index contributed by atoms with van der Waals surface area (Å²) in [6.45, 7) is 2.58. The molecule has 0 aliphatic carbocycles. The number of rotatable bonds is 4. The van der Waals surface area contributed by atoms with Gasteiger partial charge in [0.1, 0.15) is 5.82 Å². The summed E-state index contributed by atoms with van der Waals surface area (Å²) < 4.78 is 1.96. The Balaban J connectivity index is 2.01. The number of aryl methyl sites for hydroxylation is 3. The van der Waals surface area contributed by atoms with Gasteiger partial charge in [-0.25, -0.2) is 9.78 Å². The maximum absolute atomic E-state index is 11.4. The highest BCUT2D eigenvalue weighted by atomic mass is 16.4. The van der Waals surface area contributed by atoms with E-state index >= 15 is 0 Å². The topological polar surface area (TPSA) is 68.0 Å². The van der Waals surface area contributed by atoms with Crippen LogP contribution in [0.4, 0.5) is 0 Å². The van der Waals surface area contributed by atoms with E-state index in [-0.39, 0.29) is 0 Å². The van der Waals surface area contributed by atoms with Crippen LogP contribution in [0, 0.1) is 6.92 Å². The van der Waals surface area contributed by atoms with Crippen molar-refractivity contribution in [2.24, 2.45) is 0 Å². The van der Waals surface area contributed by atoms with Gasteiger partial charge >= 0.3 is 5.97 Å². The van der Waals surface area contributed by atoms with Gasteiger partial charge in [-0.3, -0.25) is 4.98 Å². The van der Waals surface area contributed by atoms with Crippen molar-refractivity contribution in [2.75, 3.05) is 0 Å². The van der Waals surface area contributed by atoms with E-state index in [4.69, 9.17) is 0 Å². The van der Waals surface area contributed by atoms with Gasteiger partial charge in [-0.05, 0) is 37.1 Å². The third-order valence-electron chi connectivity index (χ3n) is 3.53. The quantitative estimate of drug-likeness (QED) is 0.798. The van der Waals surface area contributed by atoms with Crippen molar-refractivity contribution in [2.45, 2.75) is 19.9 Å². The van der Waals surface area contributed by atoms with Gasteiger partial charge in [0.2, 0.25) is 0 Å². The van der Waals surface area contributed by atoms with E-state index in [1.54, 1.807) is 18.3 Å². The molecule has 106 valence electrons. The highest BCUT2D eigenvalue weighted by Crippen LogP contribution is 2.21. The summed E-state index contributed by atoms with van der Waals surface area (Å²) in [6, 6.07) is 9.10. The molecule has 1 aromatic carbocycles. The number of pyridine rings is 1. The Morgan fingerprint density at radius 2 is 2.14 bits per heavy atom. The third-order valence-corrected chi connectivity index (χ3v) is 3.53. The highest BCUT2D eigenvalue weighted by Gasteiger charge is 2.15. The number of hydrogen-bond donors (Lipinski definition) is 1. The number of fused-ring (bicyclic) bond motifs is 1. The molecule has 0 amide bonds. The lowest BCUT2D eigenvalue weighted by Crippen LogP contribution is -2.07. The second-order valence-electron chi connectivity index (χ2n) is 4.90. The molecule has 3 aromatic rings. The molecule has 3 rings (SSSR count). The minimum Gasteiger partial charge on any atom is -0.478 e. The molecule has 0 bridgehead atoms. The van der Waals surface area contributed by atoms with Crippen LogP contribution in [0.25, 0.3) is 11.0 Å². The van der Waals surface area contributed by atoms with Crippen molar-refractivity contribution >= 4 is 17.0 Å². The summed E-state index contributed by atoms with van der Waals surface area (Å²) in [5.41, 5.74) is 2.82. The Labute approximate surface area is 121 Å². The normalized spacial score (nSPS) is 10.9. The van der Waals surface area contributed by atoms with Crippen LogP contribution in [0.5, 0.6) is 0 Å². The number of aromatic nitrogens is 3. The predicted octanol–water partition coefficient (Wildman–Crippen LogP) is 2.68. The van der Waals surface area contributed by atoms with E-state index in [2.05, 4.69) is 9.97 Å². The Bertz CT molecular complexity index is 794. The number of carboxylic acids is 1. The van der Waals surface area contributed by atoms with Crippen molar-refractivity contribution in [1.29, 1.82) is 0 Å². The van der Waals surface area contributed by atoms with E-state index in [1.807, 2.05) is 35.9 Å². The minimum atomic E-state index is -0.928. The second kappa shape index (κ2) is 5.36. The van der Waals surface area contributed by atoms with Crippen molar-refractivity contribution < 1.29 is 9.90 Å². The summed E-state index contributed by atoms with van der Waals surface area (Å²) in [7, 11) is 0. The van der Waals surface area contributed by atoms with Crippen molar-refractivity contribution in [3.8, 4) is 0 Å². The molecule has 0 radical (unpaired) electrons. The monoisotopic (exact) mass is 281 g/mol. The summed E-state index contributed by atoms with van der Waals surface area (Å²) in [4.78, 5) is 19.9. The van der Waals surface area contributed by atoms with Gasteiger partial charge in [0.05, 0.1) is 16.6 Å². The third kappa shape index (κ3) is 2.50. The zero-order valence-corrected chi connectivity index (χ0v) is 11.7. The zero-order chi connectivity index (χ0) is 14.8. The van der Waals surface area contributed by atoms with Gasteiger partial charge < -0.3 is 9.67 Å². The predicted molar refractivity (Wildman–Crippen MR) is 79.4 cm³/mol. The average Bonchev–Trinajstić information content (AvgIpc) is 2.81. The largest absolute Gasteiger partial charge is 0.478 e. The molecule has 21 heavy (non-hydrogen) atoms. The molecule has 0 aliphatic rings. The Kier molecular flexibility index (Phi) is 3.39. The van der Waals surface area contributed by atoms with Crippen LogP contribution >= 0.6 is 0 Å². The lowest BCUT2D eigenvalue weighted by Gasteiger charge is -2.08. The first kappa shape index (κ1) is 13.3. The molecule has 0 saturated heterocycles. The van der Waals surface area contributed by atoms with Gasteiger partial charge in [-0.1, -0.05) is 12.1 Å². The molecular weight excluding hydrogens is 266 g/mol. The van der Waals surface area contributed by atoms with Crippen LogP contribution in [0.15, 0.2) is 42.7 Å². The van der Waals surface area contributed by atoms with Crippen LogP contribution in [0.1, 0.15) is 21.7 Å². The molecule has 2 aromatic heterocycles. The molecular formula is C16H15N3O2. The molecule has 5 heteroatoms. The van der Waals surface area contributed by atoms with Crippen LogP contribution in [0.2, 0.25) is 0 Å². The van der Waals surface area contributed by atoms with Crippen LogP contribution in [-0.4, -0.2) is 25.6 Å². The van der Waals surface area contributed by atoms with Crippen molar-refractivity contribution in [3.63, 3.8) is 0 Å². The summed E-state index contributed by atoms with van der Waals surface area (Å²) in [6.07, 6.45) is 4.35. The van der Waals surface area contributed by atoms with Crippen LogP contribution in [0.3, 0.4) is 0 Å². The SMILES string of the molecule is Cc1nc2cccc(C(=O)O)c2n1CCc1cccnc1. The lowest BCUT2D eigenvalue weighted by molar-refractivity contribution is 0.0698. The Morgan fingerprint density at radius 1 is 1.29 bits per heavy atom.